The average Bonchev–Trinajstić information content (AvgIpc) is 2.71. The van der Waals surface area contributed by atoms with Gasteiger partial charge in [-0.05, 0) is 42.3 Å². The molecular formula is C21H27NO5. The zero-order valence-corrected chi connectivity index (χ0v) is 16.3. The maximum absolute atomic E-state index is 12.5. The van der Waals surface area contributed by atoms with Gasteiger partial charge in [0.15, 0.2) is 23.0 Å². The molecule has 0 spiro atoms. The summed E-state index contributed by atoms with van der Waals surface area (Å²) in [4.78, 5) is 12.5. The van der Waals surface area contributed by atoms with Gasteiger partial charge in [0.1, 0.15) is 0 Å². The van der Waals surface area contributed by atoms with Crippen molar-refractivity contribution in [3.05, 3.63) is 47.5 Å². The Labute approximate surface area is 160 Å². The Bertz CT molecular complexity index is 760. The molecule has 27 heavy (non-hydrogen) atoms. The molecule has 0 aliphatic heterocycles. The molecule has 2 aromatic carbocycles. The third kappa shape index (κ3) is 5.54. The molecule has 6 heteroatoms. The third-order valence-electron chi connectivity index (χ3n) is 4.08. The number of unbranched alkanes of at least 4 members (excludes halogenated alkanes) is 1. The van der Waals surface area contributed by atoms with E-state index in [0.717, 1.165) is 18.4 Å². The smallest absolute Gasteiger partial charge is 0.251 e. The molecule has 0 bridgehead atoms. The predicted octanol–water partition coefficient (Wildman–Crippen LogP) is 3.82. The topological polar surface area (TPSA) is 66.0 Å². The highest BCUT2D eigenvalue weighted by Crippen LogP contribution is 2.29. The Morgan fingerprint density at radius 2 is 1.56 bits per heavy atom. The number of hydrogen-bond donors (Lipinski definition) is 1. The summed E-state index contributed by atoms with van der Waals surface area (Å²) in [7, 11) is 4.73. The van der Waals surface area contributed by atoms with Crippen LogP contribution in [0, 0.1) is 0 Å². The lowest BCUT2D eigenvalue weighted by molar-refractivity contribution is 0.0950. The lowest BCUT2D eigenvalue weighted by atomic mass is 10.1. The highest BCUT2D eigenvalue weighted by Gasteiger charge is 2.12. The molecule has 0 fully saturated rings. The molecule has 146 valence electrons. The second-order valence-corrected chi connectivity index (χ2v) is 5.94. The highest BCUT2D eigenvalue weighted by molar-refractivity contribution is 5.94. The van der Waals surface area contributed by atoms with Crippen LogP contribution in [0.2, 0.25) is 0 Å². The molecule has 0 unspecified atom stereocenters. The summed E-state index contributed by atoms with van der Waals surface area (Å²) in [5.41, 5.74) is 1.42. The fourth-order valence-corrected chi connectivity index (χ4v) is 2.53. The molecule has 0 radical (unpaired) electrons. The Hall–Kier alpha value is -2.89. The van der Waals surface area contributed by atoms with Crippen molar-refractivity contribution in [1.29, 1.82) is 0 Å². The molecule has 0 heterocycles. The van der Waals surface area contributed by atoms with Crippen LogP contribution in [0.5, 0.6) is 23.0 Å². The van der Waals surface area contributed by atoms with E-state index in [1.807, 2.05) is 18.2 Å². The first-order chi connectivity index (χ1) is 13.1. The maximum Gasteiger partial charge on any atom is 0.251 e. The van der Waals surface area contributed by atoms with Crippen LogP contribution in [-0.4, -0.2) is 33.8 Å². The van der Waals surface area contributed by atoms with Crippen molar-refractivity contribution in [3.8, 4) is 23.0 Å². The molecule has 0 saturated carbocycles. The number of benzene rings is 2. The second kappa shape index (κ2) is 10.3. The summed E-state index contributed by atoms with van der Waals surface area (Å²) in [6.45, 7) is 3.10. The minimum Gasteiger partial charge on any atom is -0.493 e. The third-order valence-corrected chi connectivity index (χ3v) is 4.08. The van der Waals surface area contributed by atoms with E-state index in [0.29, 0.717) is 41.7 Å². The van der Waals surface area contributed by atoms with Crippen LogP contribution in [-0.2, 0) is 6.54 Å². The van der Waals surface area contributed by atoms with E-state index in [-0.39, 0.29) is 5.91 Å². The van der Waals surface area contributed by atoms with Gasteiger partial charge in [-0.2, -0.15) is 0 Å². The van der Waals surface area contributed by atoms with Crippen LogP contribution in [0.1, 0.15) is 35.7 Å². The number of rotatable bonds is 10. The van der Waals surface area contributed by atoms with Crippen molar-refractivity contribution in [1.82, 2.24) is 5.32 Å². The van der Waals surface area contributed by atoms with Gasteiger partial charge >= 0.3 is 0 Å². The molecule has 0 aromatic heterocycles. The van der Waals surface area contributed by atoms with Gasteiger partial charge in [0.25, 0.3) is 5.91 Å². The van der Waals surface area contributed by atoms with Gasteiger partial charge in [-0.15, -0.1) is 0 Å². The molecule has 1 N–H and O–H groups in total. The Balaban J connectivity index is 2.03. The lowest BCUT2D eigenvalue weighted by Crippen LogP contribution is -2.22. The van der Waals surface area contributed by atoms with Gasteiger partial charge in [0, 0.05) is 12.1 Å². The number of carbonyl (C=O) groups excluding carboxylic acids is 1. The minimum absolute atomic E-state index is 0.191. The second-order valence-electron chi connectivity index (χ2n) is 5.94. The molecular weight excluding hydrogens is 346 g/mol. The van der Waals surface area contributed by atoms with E-state index in [9.17, 15) is 4.79 Å². The van der Waals surface area contributed by atoms with Crippen molar-refractivity contribution in [2.75, 3.05) is 27.9 Å². The van der Waals surface area contributed by atoms with E-state index in [4.69, 9.17) is 18.9 Å². The molecule has 6 nitrogen and oxygen atoms in total. The van der Waals surface area contributed by atoms with Crippen LogP contribution < -0.4 is 24.3 Å². The van der Waals surface area contributed by atoms with Gasteiger partial charge < -0.3 is 24.3 Å². The van der Waals surface area contributed by atoms with Crippen molar-refractivity contribution in [2.24, 2.45) is 0 Å². The fourth-order valence-electron chi connectivity index (χ4n) is 2.53. The summed E-state index contributed by atoms with van der Waals surface area (Å²) >= 11 is 0. The summed E-state index contributed by atoms with van der Waals surface area (Å²) < 4.78 is 21.6. The largest absolute Gasteiger partial charge is 0.493 e. The number of nitrogens with one attached hydrogen (secondary N) is 1. The van der Waals surface area contributed by atoms with Crippen molar-refractivity contribution in [3.63, 3.8) is 0 Å². The zero-order chi connectivity index (χ0) is 19.6. The first-order valence-corrected chi connectivity index (χ1v) is 8.92. The molecule has 0 saturated heterocycles. The van der Waals surface area contributed by atoms with Crippen LogP contribution in [0.3, 0.4) is 0 Å². The fraction of sp³-hybridized carbons (Fsp3) is 0.381. The zero-order valence-electron chi connectivity index (χ0n) is 16.3. The SMILES string of the molecule is CCCCOc1ccc(C(=O)NCc2ccc(OC)c(OC)c2)cc1OC. The van der Waals surface area contributed by atoms with E-state index in [1.54, 1.807) is 39.5 Å². The van der Waals surface area contributed by atoms with Gasteiger partial charge in [0.05, 0.1) is 27.9 Å². The Kier molecular flexibility index (Phi) is 7.79. The van der Waals surface area contributed by atoms with E-state index in [1.165, 1.54) is 0 Å². The number of amides is 1. The molecule has 2 aromatic rings. The first-order valence-electron chi connectivity index (χ1n) is 8.92. The number of ether oxygens (including phenoxy) is 4. The number of carbonyl (C=O) groups is 1. The number of hydrogen-bond acceptors (Lipinski definition) is 5. The molecule has 0 aliphatic carbocycles. The Morgan fingerprint density at radius 3 is 2.22 bits per heavy atom. The number of methoxy groups -OCH3 is 3. The highest BCUT2D eigenvalue weighted by atomic mass is 16.5. The molecule has 2 rings (SSSR count). The van der Waals surface area contributed by atoms with Gasteiger partial charge in [0.2, 0.25) is 0 Å². The van der Waals surface area contributed by atoms with Crippen molar-refractivity contribution < 1.29 is 23.7 Å². The van der Waals surface area contributed by atoms with Gasteiger partial charge in [-0.1, -0.05) is 19.4 Å². The summed E-state index contributed by atoms with van der Waals surface area (Å²) in [6.07, 6.45) is 2.02. The van der Waals surface area contributed by atoms with E-state index in [2.05, 4.69) is 12.2 Å². The van der Waals surface area contributed by atoms with Crippen molar-refractivity contribution >= 4 is 5.91 Å². The Morgan fingerprint density at radius 1 is 0.889 bits per heavy atom. The van der Waals surface area contributed by atoms with E-state index >= 15 is 0 Å². The van der Waals surface area contributed by atoms with Gasteiger partial charge in [-0.3, -0.25) is 4.79 Å². The predicted molar refractivity (Wildman–Crippen MR) is 104 cm³/mol. The maximum atomic E-state index is 12.5. The normalized spacial score (nSPS) is 10.2. The van der Waals surface area contributed by atoms with E-state index < -0.39 is 0 Å². The molecule has 1 amide bonds. The van der Waals surface area contributed by atoms with Crippen LogP contribution in [0.25, 0.3) is 0 Å². The van der Waals surface area contributed by atoms with Crippen LogP contribution in [0.15, 0.2) is 36.4 Å². The molecule has 0 atom stereocenters. The summed E-state index contributed by atoms with van der Waals surface area (Å²) in [5.74, 6) is 2.27. The average molecular weight is 373 g/mol. The standard InChI is InChI=1S/C21H27NO5/c1-5-6-11-27-18-10-8-16(13-20(18)26-4)21(23)22-14-15-7-9-17(24-2)19(12-15)25-3/h7-10,12-13H,5-6,11,14H2,1-4H3,(H,22,23). The lowest BCUT2D eigenvalue weighted by Gasteiger charge is -2.13. The van der Waals surface area contributed by atoms with Crippen molar-refractivity contribution in [2.45, 2.75) is 26.3 Å². The van der Waals surface area contributed by atoms with Crippen LogP contribution >= 0.6 is 0 Å². The monoisotopic (exact) mass is 373 g/mol. The quantitative estimate of drug-likeness (QED) is 0.641. The minimum atomic E-state index is -0.191. The first kappa shape index (κ1) is 20.4. The van der Waals surface area contributed by atoms with Crippen LogP contribution in [0.4, 0.5) is 0 Å². The molecule has 0 aliphatic rings. The summed E-state index contributed by atoms with van der Waals surface area (Å²) in [5, 5.41) is 2.90. The van der Waals surface area contributed by atoms with Gasteiger partial charge in [-0.25, -0.2) is 0 Å². The summed E-state index contributed by atoms with van der Waals surface area (Å²) in [6, 6.07) is 10.7.